The maximum atomic E-state index is 12.7. The lowest BCUT2D eigenvalue weighted by atomic mass is 10.1. The molecule has 0 fully saturated rings. The van der Waals surface area contributed by atoms with Crippen LogP contribution in [0.5, 0.6) is 0 Å². The van der Waals surface area contributed by atoms with E-state index in [4.69, 9.17) is 0 Å². The van der Waals surface area contributed by atoms with Crippen LogP contribution in [0.1, 0.15) is 0 Å². The van der Waals surface area contributed by atoms with Crippen molar-refractivity contribution in [2.45, 2.75) is 12.2 Å². The molecule has 0 aromatic rings. The highest BCUT2D eigenvalue weighted by molar-refractivity contribution is 5.22. The topological polar surface area (TPSA) is 12.0 Å². The summed E-state index contributed by atoms with van der Waals surface area (Å²) < 4.78 is 25.3. The van der Waals surface area contributed by atoms with Crippen LogP contribution < -0.4 is 5.32 Å². The smallest absolute Gasteiger partial charge is 0.140 e. The standard InChI is InChI=1S/C7H9F2N/c1-10-7-5(8)3-2-4-6(7)9/h2-5,7,10H,1H3. The second-order valence-corrected chi connectivity index (χ2v) is 2.15. The Hall–Kier alpha value is -0.700. The summed E-state index contributed by atoms with van der Waals surface area (Å²) in [7, 11) is 1.53. The van der Waals surface area contributed by atoms with Gasteiger partial charge < -0.3 is 5.32 Å². The summed E-state index contributed by atoms with van der Waals surface area (Å²) >= 11 is 0. The highest BCUT2D eigenvalue weighted by atomic mass is 19.1. The minimum atomic E-state index is -1.24. The Labute approximate surface area is 58.4 Å². The van der Waals surface area contributed by atoms with Crippen molar-refractivity contribution >= 4 is 0 Å². The lowest BCUT2D eigenvalue weighted by Gasteiger charge is -2.18. The number of nitrogens with one attached hydrogen (secondary N) is 1. The Kier molecular flexibility index (Phi) is 2.17. The number of hydrogen-bond donors (Lipinski definition) is 1. The molecule has 0 saturated carbocycles. The molecule has 1 aliphatic carbocycles. The molecule has 10 heavy (non-hydrogen) atoms. The second kappa shape index (κ2) is 2.92. The van der Waals surface area contributed by atoms with Gasteiger partial charge in [-0.15, -0.1) is 0 Å². The molecular weight excluding hydrogens is 136 g/mol. The van der Waals surface area contributed by atoms with Crippen LogP contribution in [0.2, 0.25) is 0 Å². The Balaban J connectivity index is 2.71. The monoisotopic (exact) mass is 145 g/mol. The van der Waals surface area contributed by atoms with Crippen molar-refractivity contribution < 1.29 is 8.78 Å². The van der Waals surface area contributed by atoms with Crippen molar-refractivity contribution in [2.24, 2.45) is 0 Å². The molecule has 2 unspecified atom stereocenters. The molecule has 2 atom stereocenters. The number of alkyl halides is 1. The zero-order valence-corrected chi connectivity index (χ0v) is 5.64. The van der Waals surface area contributed by atoms with Crippen LogP contribution in [0.15, 0.2) is 24.1 Å². The summed E-state index contributed by atoms with van der Waals surface area (Å²) in [6, 6.07) is -0.787. The number of hydrogen-bond acceptors (Lipinski definition) is 1. The number of halogens is 2. The Bertz CT molecular complexity index is 174. The zero-order chi connectivity index (χ0) is 7.56. The quantitative estimate of drug-likeness (QED) is 0.587. The fourth-order valence-electron chi connectivity index (χ4n) is 0.918. The third-order valence-corrected chi connectivity index (χ3v) is 1.48. The molecule has 0 radical (unpaired) electrons. The van der Waals surface area contributed by atoms with Gasteiger partial charge in [0.05, 0.1) is 6.04 Å². The van der Waals surface area contributed by atoms with Gasteiger partial charge in [0, 0.05) is 0 Å². The molecule has 1 rings (SSSR count). The van der Waals surface area contributed by atoms with Gasteiger partial charge in [0.25, 0.3) is 0 Å². The molecule has 0 saturated heterocycles. The lowest BCUT2D eigenvalue weighted by Crippen LogP contribution is -2.35. The maximum Gasteiger partial charge on any atom is 0.140 e. The average molecular weight is 145 g/mol. The Morgan fingerprint density at radius 1 is 1.60 bits per heavy atom. The van der Waals surface area contributed by atoms with E-state index in [0.717, 1.165) is 0 Å². The largest absolute Gasteiger partial charge is 0.308 e. The molecule has 56 valence electrons. The average Bonchev–Trinajstić information content (AvgIpc) is 1.88. The van der Waals surface area contributed by atoms with E-state index in [1.165, 1.54) is 25.3 Å². The summed E-state index contributed by atoms with van der Waals surface area (Å²) in [4.78, 5) is 0. The van der Waals surface area contributed by atoms with Gasteiger partial charge in [0.1, 0.15) is 12.0 Å². The molecule has 0 bridgehead atoms. The van der Waals surface area contributed by atoms with Gasteiger partial charge in [0.15, 0.2) is 0 Å². The van der Waals surface area contributed by atoms with Crippen molar-refractivity contribution in [1.29, 1.82) is 0 Å². The van der Waals surface area contributed by atoms with Gasteiger partial charge >= 0.3 is 0 Å². The van der Waals surface area contributed by atoms with E-state index in [-0.39, 0.29) is 0 Å². The van der Waals surface area contributed by atoms with E-state index in [1.54, 1.807) is 0 Å². The van der Waals surface area contributed by atoms with Crippen LogP contribution in [-0.4, -0.2) is 19.3 Å². The van der Waals surface area contributed by atoms with Crippen molar-refractivity contribution in [2.75, 3.05) is 7.05 Å². The van der Waals surface area contributed by atoms with E-state index < -0.39 is 18.0 Å². The van der Waals surface area contributed by atoms with Crippen molar-refractivity contribution in [3.63, 3.8) is 0 Å². The summed E-state index contributed by atoms with van der Waals surface area (Å²) in [5.74, 6) is -0.447. The van der Waals surface area contributed by atoms with Crippen LogP contribution in [0, 0.1) is 0 Å². The fourth-order valence-corrected chi connectivity index (χ4v) is 0.918. The van der Waals surface area contributed by atoms with Gasteiger partial charge in [-0.05, 0) is 19.2 Å². The molecule has 0 aromatic carbocycles. The van der Waals surface area contributed by atoms with E-state index >= 15 is 0 Å². The van der Waals surface area contributed by atoms with Crippen LogP contribution in [0.4, 0.5) is 8.78 Å². The van der Waals surface area contributed by atoms with Gasteiger partial charge in [0.2, 0.25) is 0 Å². The van der Waals surface area contributed by atoms with E-state index in [0.29, 0.717) is 0 Å². The van der Waals surface area contributed by atoms with Crippen molar-refractivity contribution in [1.82, 2.24) is 5.32 Å². The minimum absolute atomic E-state index is 0.447. The highest BCUT2D eigenvalue weighted by Gasteiger charge is 2.22. The van der Waals surface area contributed by atoms with Crippen molar-refractivity contribution in [3.05, 3.63) is 24.1 Å². The van der Waals surface area contributed by atoms with Crippen LogP contribution >= 0.6 is 0 Å². The predicted octanol–water partition coefficient (Wildman–Crippen LogP) is 1.34. The molecule has 0 aromatic heterocycles. The first-order valence-corrected chi connectivity index (χ1v) is 3.11. The SMILES string of the molecule is CNC1C(F)=CC=CC1F. The summed E-state index contributed by atoms with van der Waals surface area (Å²) in [5.41, 5.74) is 0. The zero-order valence-electron chi connectivity index (χ0n) is 5.64. The number of allylic oxidation sites excluding steroid dienone is 2. The normalized spacial score (nSPS) is 32.1. The van der Waals surface area contributed by atoms with Gasteiger partial charge in [-0.1, -0.05) is 6.08 Å². The van der Waals surface area contributed by atoms with E-state index in [2.05, 4.69) is 5.32 Å². The first-order chi connectivity index (χ1) is 4.75. The molecule has 1 aliphatic rings. The minimum Gasteiger partial charge on any atom is -0.308 e. The predicted molar refractivity (Wildman–Crippen MR) is 36.1 cm³/mol. The highest BCUT2D eigenvalue weighted by Crippen LogP contribution is 2.16. The number of likely N-dealkylation sites (N-methyl/N-ethyl adjacent to an activating group) is 1. The number of rotatable bonds is 1. The maximum absolute atomic E-state index is 12.7. The fraction of sp³-hybridized carbons (Fsp3) is 0.429. The lowest BCUT2D eigenvalue weighted by molar-refractivity contribution is 0.303. The molecule has 1 N–H and O–H groups in total. The summed E-state index contributed by atoms with van der Waals surface area (Å²) in [6.45, 7) is 0. The molecule has 3 heteroatoms. The Morgan fingerprint density at radius 3 is 2.70 bits per heavy atom. The van der Waals surface area contributed by atoms with E-state index in [9.17, 15) is 8.78 Å². The van der Waals surface area contributed by atoms with E-state index in [1.807, 2.05) is 0 Å². The molecule has 0 spiro atoms. The second-order valence-electron chi connectivity index (χ2n) is 2.15. The summed E-state index contributed by atoms with van der Waals surface area (Å²) in [5, 5.41) is 2.53. The summed E-state index contributed by atoms with van der Waals surface area (Å²) in [6.07, 6.45) is 2.73. The van der Waals surface area contributed by atoms with Gasteiger partial charge in [-0.2, -0.15) is 0 Å². The third-order valence-electron chi connectivity index (χ3n) is 1.48. The van der Waals surface area contributed by atoms with Gasteiger partial charge in [-0.25, -0.2) is 8.78 Å². The van der Waals surface area contributed by atoms with Crippen molar-refractivity contribution in [3.8, 4) is 0 Å². The molecular formula is C7H9F2N. The molecule has 0 heterocycles. The third kappa shape index (κ3) is 1.24. The Morgan fingerprint density at radius 2 is 2.30 bits per heavy atom. The van der Waals surface area contributed by atoms with Crippen LogP contribution in [-0.2, 0) is 0 Å². The molecule has 1 nitrogen and oxygen atoms in total. The van der Waals surface area contributed by atoms with Gasteiger partial charge in [-0.3, -0.25) is 0 Å². The molecule has 0 amide bonds. The first-order valence-electron chi connectivity index (χ1n) is 3.11. The van der Waals surface area contributed by atoms with Crippen LogP contribution in [0.3, 0.4) is 0 Å². The van der Waals surface area contributed by atoms with Crippen LogP contribution in [0.25, 0.3) is 0 Å². The first kappa shape index (κ1) is 7.41. The molecule has 0 aliphatic heterocycles.